The number of fused-ring (bicyclic) bond motifs is 2. The van der Waals surface area contributed by atoms with Gasteiger partial charge in [-0.05, 0) is 57.6 Å². The Morgan fingerprint density at radius 3 is 2.21 bits per heavy atom. The third-order valence-electron chi connectivity index (χ3n) is 5.34. The van der Waals surface area contributed by atoms with E-state index < -0.39 is 0 Å². The van der Waals surface area contributed by atoms with Gasteiger partial charge in [0.05, 0.1) is 0 Å². The number of hydrogen-bond acceptors (Lipinski definition) is 0. The lowest BCUT2D eigenvalue weighted by Crippen LogP contribution is -2.21. The van der Waals surface area contributed by atoms with Gasteiger partial charge in [-0.15, -0.1) is 0 Å². The molecule has 0 heteroatoms. The molecule has 0 heterocycles. The molecule has 0 aromatic heterocycles. The first-order chi connectivity index (χ1) is 9.18. The van der Waals surface area contributed by atoms with Crippen molar-refractivity contribution in [1.82, 2.24) is 0 Å². The minimum Gasteiger partial charge on any atom is -0.0614 e. The highest BCUT2D eigenvalue weighted by atomic mass is 14.4. The second-order valence-electron chi connectivity index (χ2n) is 6.37. The molecule has 2 unspecified atom stereocenters. The molecule has 0 radical (unpaired) electrons. The van der Waals surface area contributed by atoms with E-state index in [-0.39, 0.29) is 0 Å². The summed E-state index contributed by atoms with van der Waals surface area (Å²) in [5.41, 5.74) is 9.37. The molecule has 6 bridgehead atoms. The summed E-state index contributed by atoms with van der Waals surface area (Å²) >= 11 is 0. The van der Waals surface area contributed by atoms with Crippen LogP contribution in [0.3, 0.4) is 0 Å². The zero-order valence-electron chi connectivity index (χ0n) is 11.9. The third-order valence-corrected chi connectivity index (χ3v) is 5.34. The molecule has 96 valence electrons. The Bertz CT molecular complexity index is 666. The topological polar surface area (TPSA) is 0 Å². The van der Waals surface area contributed by atoms with Crippen molar-refractivity contribution in [3.05, 3.63) is 58.7 Å². The van der Waals surface area contributed by atoms with Crippen molar-refractivity contribution in [3.63, 3.8) is 0 Å². The first-order valence-corrected chi connectivity index (χ1v) is 7.43. The molecule has 0 saturated carbocycles. The normalized spacial score (nSPS) is 27.0. The molecule has 2 aromatic carbocycles. The lowest BCUT2D eigenvalue weighted by atomic mass is 9.66. The van der Waals surface area contributed by atoms with Crippen LogP contribution in [0.1, 0.15) is 60.8 Å². The van der Waals surface area contributed by atoms with Crippen LogP contribution in [-0.2, 0) is 6.42 Å². The average Bonchev–Trinajstić information content (AvgIpc) is 2.43. The van der Waals surface area contributed by atoms with E-state index in [1.54, 1.807) is 22.3 Å². The molecule has 5 rings (SSSR count). The molecule has 3 aliphatic carbocycles. The van der Waals surface area contributed by atoms with E-state index in [4.69, 9.17) is 0 Å². The molecule has 0 spiro atoms. The largest absolute Gasteiger partial charge is 0.0614 e. The van der Waals surface area contributed by atoms with Crippen LogP contribution in [-0.4, -0.2) is 0 Å². The minimum absolute atomic E-state index is 0.638. The van der Waals surface area contributed by atoms with Gasteiger partial charge in [0, 0.05) is 0 Å². The smallest absolute Gasteiger partial charge is 0.0115 e. The van der Waals surface area contributed by atoms with E-state index in [0.717, 1.165) is 0 Å². The van der Waals surface area contributed by atoms with Crippen LogP contribution in [0, 0.1) is 0 Å². The zero-order valence-corrected chi connectivity index (χ0v) is 11.9. The Balaban J connectivity index is 2.19. The van der Waals surface area contributed by atoms with Crippen molar-refractivity contribution in [3.8, 4) is 11.1 Å². The first-order valence-electron chi connectivity index (χ1n) is 7.43. The number of benzene rings is 2. The minimum atomic E-state index is 0.638. The van der Waals surface area contributed by atoms with Crippen LogP contribution in [0.5, 0.6) is 0 Å². The Kier molecular flexibility index (Phi) is 2.21. The Labute approximate surface area is 115 Å². The third kappa shape index (κ3) is 1.35. The van der Waals surface area contributed by atoms with Gasteiger partial charge in [-0.2, -0.15) is 0 Å². The Morgan fingerprint density at radius 2 is 1.42 bits per heavy atom. The molecule has 0 nitrogen and oxygen atoms in total. The zero-order chi connectivity index (χ0) is 13.1. The molecule has 3 aliphatic rings. The van der Waals surface area contributed by atoms with E-state index >= 15 is 0 Å². The van der Waals surface area contributed by atoms with Gasteiger partial charge in [0.25, 0.3) is 0 Å². The average molecular weight is 248 g/mol. The van der Waals surface area contributed by atoms with Crippen LogP contribution >= 0.6 is 0 Å². The van der Waals surface area contributed by atoms with Crippen LogP contribution in [0.15, 0.2) is 36.4 Å². The van der Waals surface area contributed by atoms with E-state index in [1.165, 1.54) is 17.5 Å². The predicted molar refractivity (Wildman–Crippen MR) is 80.8 cm³/mol. The molecule has 2 aromatic rings. The van der Waals surface area contributed by atoms with Crippen molar-refractivity contribution in [2.45, 2.75) is 44.9 Å². The van der Waals surface area contributed by atoms with E-state index in [1.807, 2.05) is 0 Å². The Hall–Kier alpha value is -1.56. The van der Waals surface area contributed by atoms with Gasteiger partial charge in [0.15, 0.2) is 0 Å². The molecule has 0 N–H and O–H groups in total. The van der Waals surface area contributed by atoms with Crippen LogP contribution in [0.4, 0.5) is 0 Å². The lowest BCUT2D eigenvalue weighted by Gasteiger charge is -2.38. The van der Waals surface area contributed by atoms with Crippen molar-refractivity contribution in [1.29, 1.82) is 0 Å². The summed E-state index contributed by atoms with van der Waals surface area (Å²) < 4.78 is 0. The summed E-state index contributed by atoms with van der Waals surface area (Å²) in [6.45, 7) is 7.20. The number of rotatable bonds is 0. The van der Waals surface area contributed by atoms with Gasteiger partial charge in [-0.3, -0.25) is 0 Å². The van der Waals surface area contributed by atoms with Gasteiger partial charge in [0.1, 0.15) is 0 Å². The van der Waals surface area contributed by atoms with Crippen LogP contribution in [0.25, 0.3) is 11.1 Å². The first kappa shape index (κ1) is 11.3. The van der Waals surface area contributed by atoms with Crippen molar-refractivity contribution < 1.29 is 0 Å². The van der Waals surface area contributed by atoms with Gasteiger partial charge in [-0.1, -0.05) is 57.2 Å². The lowest BCUT2D eigenvalue weighted by molar-refractivity contribution is 0.576. The van der Waals surface area contributed by atoms with Crippen LogP contribution < -0.4 is 0 Å². The second kappa shape index (κ2) is 3.72. The fourth-order valence-electron chi connectivity index (χ4n) is 4.26. The maximum Gasteiger partial charge on any atom is -0.0115 e. The fraction of sp³-hybridized carbons (Fsp3) is 0.368. The standard InChI is InChI=1S/C19H20/c1-11-10-14-6-4-8-16-17-9-5-7-15(11)19(17)13(3)12(2)18(14)16/h4-9,11-13H,10H2,1-3H3/t11-,12?,13?/m0/s1. The summed E-state index contributed by atoms with van der Waals surface area (Å²) in [6, 6.07) is 13.8. The summed E-state index contributed by atoms with van der Waals surface area (Å²) in [4.78, 5) is 0. The quantitative estimate of drug-likeness (QED) is 0.598. The summed E-state index contributed by atoms with van der Waals surface area (Å²) in [5.74, 6) is 1.93. The molecular weight excluding hydrogens is 228 g/mol. The van der Waals surface area contributed by atoms with E-state index in [9.17, 15) is 0 Å². The molecular formula is C19H20. The second-order valence-corrected chi connectivity index (χ2v) is 6.37. The van der Waals surface area contributed by atoms with Crippen molar-refractivity contribution in [2.75, 3.05) is 0 Å². The number of hydrogen-bond donors (Lipinski definition) is 0. The van der Waals surface area contributed by atoms with Crippen molar-refractivity contribution >= 4 is 0 Å². The maximum atomic E-state index is 2.41. The monoisotopic (exact) mass is 248 g/mol. The summed E-state index contributed by atoms with van der Waals surface area (Å²) in [5, 5.41) is 0. The van der Waals surface area contributed by atoms with Crippen LogP contribution in [0.2, 0.25) is 0 Å². The SMILES string of the molecule is CC1c2c3cccc2-c2cccc(c2C1C)[C@@H](C)C3. The highest BCUT2D eigenvalue weighted by molar-refractivity contribution is 5.78. The molecule has 0 saturated heterocycles. The highest BCUT2D eigenvalue weighted by Gasteiger charge is 2.34. The molecule has 3 atom stereocenters. The molecule has 0 aliphatic heterocycles. The Morgan fingerprint density at radius 1 is 0.789 bits per heavy atom. The van der Waals surface area contributed by atoms with E-state index in [0.29, 0.717) is 17.8 Å². The predicted octanol–water partition coefficient (Wildman–Crippen LogP) is 5.23. The highest BCUT2D eigenvalue weighted by Crippen LogP contribution is 2.52. The van der Waals surface area contributed by atoms with Gasteiger partial charge in [-0.25, -0.2) is 0 Å². The summed E-state index contributed by atoms with van der Waals surface area (Å²) in [6.07, 6.45) is 1.19. The molecule has 0 fully saturated rings. The maximum absolute atomic E-state index is 2.41. The van der Waals surface area contributed by atoms with Crippen molar-refractivity contribution in [2.24, 2.45) is 0 Å². The van der Waals surface area contributed by atoms with Gasteiger partial charge < -0.3 is 0 Å². The molecule has 19 heavy (non-hydrogen) atoms. The molecule has 0 amide bonds. The van der Waals surface area contributed by atoms with Gasteiger partial charge in [0.2, 0.25) is 0 Å². The van der Waals surface area contributed by atoms with Gasteiger partial charge >= 0.3 is 0 Å². The summed E-state index contributed by atoms with van der Waals surface area (Å²) in [7, 11) is 0. The van der Waals surface area contributed by atoms with E-state index in [2.05, 4.69) is 57.2 Å². The fourth-order valence-corrected chi connectivity index (χ4v) is 4.26.